The van der Waals surface area contributed by atoms with Crippen molar-refractivity contribution in [3.05, 3.63) is 12.1 Å². The fraction of sp³-hybridized carbons (Fsp3) is 0.750. The van der Waals surface area contributed by atoms with Gasteiger partial charge in [-0.3, -0.25) is 0 Å². The molecule has 0 aliphatic heterocycles. The van der Waals surface area contributed by atoms with Crippen molar-refractivity contribution < 1.29 is 19.2 Å². The molecule has 0 aromatic heterocycles. The first-order chi connectivity index (χ1) is 7.60. The van der Waals surface area contributed by atoms with Crippen LogP contribution in [0.4, 0.5) is 0 Å². The lowest BCUT2D eigenvalue weighted by atomic mass is 9.76. The van der Waals surface area contributed by atoms with Gasteiger partial charge in [0.1, 0.15) is 0 Å². The monoisotopic (exact) mass is 242 g/mol. The summed E-state index contributed by atoms with van der Waals surface area (Å²) in [4.78, 5) is 11.0. The zero-order valence-electron chi connectivity index (χ0n) is 11.6. The molecular formula is C12H23BO4. The van der Waals surface area contributed by atoms with E-state index >= 15 is 0 Å². The second-order valence-electron chi connectivity index (χ2n) is 5.38. The summed E-state index contributed by atoms with van der Waals surface area (Å²) in [5.41, 5.74) is -0.628. The number of hydrogen-bond donors (Lipinski definition) is 1. The molecule has 0 bridgehead atoms. The lowest BCUT2D eigenvalue weighted by Gasteiger charge is -2.39. The van der Waals surface area contributed by atoms with Crippen molar-refractivity contribution in [2.75, 3.05) is 6.61 Å². The van der Waals surface area contributed by atoms with Crippen molar-refractivity contribution in [1.82, 2.24) is 0 Å². The van der Waals surface area contributed by atoms with Gasteiger partial charge in [-0.2, -0.15) is 0 Å². The third kappa shape index (κ3) is 5.89. The quantitative estimate of drug-likeness (QED) is 0.455. The lowest BCUT2D eigenvalue weighted by molar-refractivity contribution is -0.137. The predicted molar refractivity (Wildman–Crippen MR) is 68.4 cm³/mol. The maximum Gasteiger partial charge on any atom is 0.484 e. The first kappa shape index (κ1) is 16.2. The molecule has 0 saturated carbocycles. The highest BCUT2D eigenvalue weighted by molar-refractivity contribution is 6.49. The van der Waals surface area contributed by atoms with Gasteiger partial charge in [0.25, 0.3) is 0 Å². The minimum absolute atomic E-state index is 0.119. The molecule has 0 atom stereocenters. The van der Waals surface area contributed by atoms with Crippen molar-refractivity contribution in [3.63, 3.8) is 0 Å². The molecule has 17 heavy (non-hydrogen) atoms. The average Bonchev–Trinajstić information content (AvgIpc) is 2.12. The molecule has 0 spiro atoms. The van der Waals surface area contributed by atoms with Gasteiger partial charge in [-0.1, -0.05) is 20.8 Å². The molecule has 0 saturated heterocycles. The molecule has 0 heterocycles. The Bertz CT molecular complexity index is 279. The fourth-order valence-electron chi connectivity index (χ4n) is 0.869. The van der Waals surface area contributed by atoms with Crippen molar-refractivity contribution in [2.24, 2.45) is 5.41 Å². The first-order valence-corrected chi connectivity index (χ1v) is 5.81. The lowest BCUT2D eigenvalue weighted by Crippen LogP contribution is -2.43. The van der Waals surface area contributed by atoms with Gasteiger partial charge in [0, 0.05) is 6.08 Å². The molecule has 0 aliphatic carbocycles. The standard InChI is InChI=1S/C12H23BO4/c1-7-16-10(14)8-9-13(15)17-12(5,6)11(2,3)4/h8-9,15H,7H2,1-6H3. The van der Waals surface area contributed by atoms with Gasteiger partial charge in [0.2, 0.25) is 0 Å². The van der Waals surface area contributed by atoms with E-state index in [1.807, 2.05) is 34.6 Å². The summed E-state index contributed by atoms with van der Waals surface area (Å²) < 4.78 is 10.2. The van der Waals surface area contributed by atoms with Crippen LogP contribution in [0.1, 0.15) is 41.5 Å². The van der Waals surface area contributed by atoms with Crippen molar-refractivity contribution in [3.8, 4) is 0 Å². The molecule has 0 aromatic carbocycles. The van der Waals surface area contributed by atoms with Crippen molar-refractivity contribution >= 4 is 13.1 Å². The molecule has 0 rings (SSSR count). The Morgan fingerprint density at radius 1 is 1.29 bits per heavy atom. The van der Waals surface area contributed by atoms with Crippen LogP contribution in [-0.2, 0) is 14.2 Å². The van der Waals surface area contributed by atoms with E-state index in [-0.39, 0.29) is 5.41 Å². The van der Waals surface area contributed by atoms with Gasteiger partial charge in [-0.15, -0.1) is 0 Å². The topological polar surface area (TPSA) is 55.8 Å². The Kier molecular flexibility index (Phi) is 5.92. The largest absolute Gasteiger partial charge is 0.484 e. The Balaban J connectivity index is 4.37. The maximum absolute atomic E-state index is 11.0. The summed E-state index contributed by atoms with van der Waals surface area (Å²) in [6.45, 7) is 11.9. The average molecular weight is 242 g/mol. The second-order valence-corrected chi connectivity index (χ2v) is 5.38. The van der Waals surface area contributed by atoms with Crippen LogP contribution in [0.25, 0.3) is 0 Å². The molecular weight excluding hydrogens is 219 g/mol. The van der Waals surface area contributed by atoms with Gasteiger partial charge in [-0.25, -0.2) is 4.79 Å². The summed E-state index contributed by atoms with van der Waals surface area (Å²) in [6, 6.07) is 0. The van der Waals surface area contributed by atoms with E-state index in [9.17, 15) is 9.82 Å². The Morgan fingerprint density at radius 3 is 2.24 bits per heavy atom. The van der Waals surface area contributed by atoms with Gasteiger partial charge in [-0.05, 0) is 32.2 Å². The summed E-state index contributed by atoms with van der Waals surface area (Å²) in [7, 11) is -1.12. The normalized spacial score (nSPS) is 12.9. The van der Waals surface area contributed by atoms with Crippen LogP contribution in [0.2, 0.25) is 0 Å². The first-order valence-electron chi connectivity index (χ1n) is 5.81. The van der Waals surface area contributed by atoms with Crippen LogP contribution >= 0.6 is 0 Å². The molecule has 0 amide bonds. The SMILES string of the molecule is CCOC(=O)C=CB(O)OC(C)(C)C(C)(C)C. The summed E-state index contributed by atoms with van der Waals surface area (Å²) in [5, 5.41) is 9.65. The smallest absolute Gasteiger partial charge is 0.463 e. The van der Waals surface area contributed by atoms with Gasteiger partial charge < -0.3 is 14.4 Å². The predicted octanol–water partition coefficient (Wildman–Crippen LogP) is 1.97. The van der Waals surface area contributed by atoms with Crippen molar-refractivity contribution in [1.29, 1.82) is 0 Å². The van der Waals surface area contributed by atoms with Gasteiger partial charge in [0.15, 0.2) is 0 Å². The minimum Gasteiger partial charge on any atom is -0.463 e. The highest BCUT2D eigenvalue weighted by Crippen LogP contribution is 2.33. The van der Waals surface area contributed by atoms with E-state index in [2.05, 4.69) is 0 Å². The van der Waals surface area contributed by atoms with Crippen LogP contribution in [0, 0.1) is 5.41 Å². The van der Waals surface area contributed by atoms with Crippen LogP contribution in [-0.4, -0.2) is 30.3 Å². The molecule has 0 unspecified atom stereocenters. The van der Waals surface area contributed by atoms with E-state index < -0.39 is 18.7 Å². The number of hydrogen-bond acceptors (Lipinski definition) is 4. The fourth-order valence-corrected chi connectivity index (χ4v) is 0.869. The Hall–Kier alpha value is -0.805. The van der Waals surface area contributed by atoms with E-state index in [0.717, 1.165) is 0 Å². The zero-order valence-corrected chi connectivity index (χ0v) is 11.6. The van der Waals surface area contributed by atoms with Crippen molar-refractivity contribution in [2.45, 2.75) is 47.1 Å². The van der Waals surface area contributed by atoms with Crippen LogP contribution in [0.3, 0.4) is 0 Å². The number of carbonyl (C=O) groups excluding carboxylic acids is 1. The minimum atomic E-state index is -1.12. The molecule has 4 nitrogen and oxygen atoms in total. The second kappa shape index (κ2) is 6.22. The number of ether oxygens (including phenoxy) is 1. The van der Waals surface area contributed by atoms with E-state index in [1.165, 1.54) is 12.1 Å². The summed E-state index contributed by atoms with van der Waals surface area (Å²) >= 11 is 0. The molecule has 0 fully saturated rings. The number of esters is 1. The van der Waals surface area contributed by atoms with Crippen LogP contribution < -0.4 is 0 Å². The number of rotatable bonds is 5. The highest BCUT2D eigenvalue weighted by atomic mass is 16.5. The van der Waals surface area contributed by atoms with Gasteiger partial charge >= 0.3 is 13.1 Å². The Labute approximate surface area is 104 Å². The Morgan fingerprint density at radius 2 is 1.82 bits per heavy atom. The van der Waals surface area contributed by atoms with E-state index in [0.29, 0.717) is 6.61 Å². The molecule has 0 aliphatic rings. The molecule has 0 aromatic rings. The third-order valence-corrected chi connectivity index (χ3v) is 2.91. The van der Waals surface area contributed by atoms with Gasteiger partial charge in [0.05, 0.1) is 12.2 Å². The molecule has 1 N–H and O–H groups in total. The third-order valence-electron chi connectivity index (χ3n) is 2.91. The van der Waals surface area contributed by atoms with Crippen LogP contribution in [0.15, 0.2) is 12.1 Å². The molecule has 5 heteroatoms. The summed E-state index contributed by atoms with van der Waals surface area (Å²) in [5.74, 6) is 0.801. The van der Waals surface area contributed by atoms with Crippen LogP contribution in [0.5, 0.6) is 0 Å². The molecule has 98 valence electrons. The summed E-state index contributed by atoms with van der Waals surface area (Å²) in [6.07, 6.45) is 1.17. The highest BCUT2D eigenvalue weighted by Gasteiger charge is 2.36. The number of carbonyl (C=O) groups is 1. The maximum atomic E-state index is 11.0. The molecule has 0 radical (unpaired) electrons. The zero-order chi connectivity index (χ0) is 13.7. The van der Waals surface area contributed by atoms with E-state index in [4.69, 9.17) is 9.39 Å². The van der Waals surface area contributed by atoms with E-state index in [1.54, 1.807) is 6.92 Å².